The fourth-order valence-corrected chi connectivity index (χ4v) is 3.94. The molecule has 0 fully saturated rings. The van der Waals surface area contributed by atoms with E-state index >= 15 is 0 Å². The zero-order valence-electron chi connectivity index (χ0n) is 14.3. The standard InChI is InChI=1S/C19H15FN4O2S/c1-11-6-8-12(9-7-11)17-15(10-16(25)26)27-19-22-21-18(24(19)23-17)13-4-2-3-5-14(13)20/h2-9,15H,10H2,1H3,(H,25,26)/p-1/t15-/m1/s1. The summed E-state index contributed by atoms with van der Waals surface area (Å²) >= 11 is 1.23. The van der Waals surface area contributed by atoms with Crippen molar-refractivity contribution < 1.29 is 14.3 Å². The number of aromatic nitrogens is 3. The van der Waals surface area contributed by atoms with Crippen LogP contribution >= 0.6 is 11.8 Å². The highest BCUT2D eigenvalue weighted by Crippen LogP contribution is 2.35. The summed E-state index contributed by atoms with van der Waals surface area (Å²) in [6.07, 6.45) is -0.209. The Morgan fingerprint density at radius 3 is 2.63 bits per heavy atom. The van der Waals surface area contributed by atoms with Gasteiger partial charge in [-0.2, -0.15) is 9.78 Å². The molecular formula is C19H14FN4O2S-. The zero-order chi connectivity index (χ0) is 19.0. The number of nitrogens with zero attached hydrogens (tertiary/aromatic N) is 4. The number of hydrogen-bond donors (Lipinski definition) is 0. The molecule has 1 aliphatic heterocycles. The molecule has 2 heterocycles. The van der Waals surface area contributed by atoms with Crippen molar-refractivity contribution >= 4 is 23.4 Å². The molecule has 3 aromatic rings. The fourth-order valence-electron chi connectivity index (χ4n) is 2.85. The molecule has 4 rings (SSSR count). The normalized spacial score (nSPS) is 15.9. The second kappa shape index (κ2) is 6.96. The lowest BCUT2D eigenvalue weighted by Crippen LogP contribution is -2.32. The topological polar surface area (TPSA) is 83.2 Å². The third kappa shape index (κ3) is 3.35. The van der Waals surface area contributed by atoms with Gasteiger partial charge in [-0.3, -0.25) is 0 Å². The number of carboxylic acid groups (broad SMARTS) is 1. The molecule has 27 heavy (non-hydrogen) atoms. The van der Waals surface area contributed by atoms with E-state index in [0.717, 1.165) is 11.1 Å². The predicted molar refractivity (Wildman–Crippen MR) is 97.8 cm³/mol. The minimum atomic E-state index is -1.17. The van der Waals surface area contributed by atoms with Crippen LogP contribution in [0.4, 0.5) is 4.39 Å². The Kier molecular flexibility index (Phi) is 4.49. The maximum atomic E-state index is 14.2. The lowest BCUT2D eigenvalue weighted by atomic mass is 10.0. The number of halogens is 1. The van der Waals surface area contributed by atoms with E-state index in [9.17, 15) is 14.3 Å². The summed E-state index contributed by atoms with van der Waals surface area (Å²) in [5.74, 6) is -1.33. The van der Waals surface area contributed by atoms with Crippen LogP contribution in [-0.4, -0.2) is 31.8 Å². The van der Waals surface area contributed by atoms with Crippen LogP contribution in [0.15, 0.2) is 58.8 Å². The Bertz CT molecular complexity index is 1050. The first-order chi connectivity index (χ1) is 13.0. The molecule has 0 spiro atoms. The SMILES string of the molecule is Cc1ccc(C2=Nn3c(nnc3-c3ccccc3F)S[C@@H]2CC(=O)[O-])cc1. The van der Waals surface area contributed by atoms with Crippen molar-refractivity contribution in [1.29, 1.82) is 0 Å². The van der Waals surface area contributed by atoms with Gasteiger partial charge in [0.2, 0.25) is 5.16 Å². The van der Waals surface area contributed by atoms with Crippen molar-refractivity contribution in [3.63, 3.8) is 0 Å². The lowest BCUT2D eigenvalue weighted by Gasteiger charge is -2.23. The summed E-state index contributed by atoms with van der Waals surface area (Å²) in [5, 5.41) is 23.9. The van der Waals surface area contributed by atoms with Crippen LogP contribution in [-0.2, 0) is 4.79 Å². The first-order valence-corrected chi connectivity index (χ1v) is 9.13. The fraction of sp³-hybridized carbons (Fsp3) is 0.158. The monoisotopic (exact) mass is 381 g/mol. The van der Waals surface area contributed by atoms with E-state index in [1.807, 2.05) is 31.2 Å². The molecule has 136 valence electrons. The number of fused-ring (bicyclic) bond motifs is 1. The molecule has 0 radical (unpaired) electrons. The average molecular weight is 381 g/mol. The molecule has 0 bridgehead atoms. The van der Waals surface area contributed by atoms with Gasteiger partial charge in [0.05, 0.1) is 16.5 Å². The zero-order valence-corrected chi connectivity index (χ0v) is 15.1. The van der Waals surface area contributed by atoms with E-state index in [1.54, 1.807) is 18.2 Å². The number of carboxylic acids is 1. The maximum Gasteiger partial charge on any atom is 0.213 e. The van der Waals surface area contributed by atoms with Gasteiger partial charge < -0.3 is 9.90 Å². The number of carbonyl (C=O) groups excluding carboxylic acids is 1. The number of aliphatic carboxylic acids is 1. The number of carbonyl (C=O) groups is 1. The van der Waals surface area contributed by atoms with E-state index in [1.165, 1.54) is 22.5 Å². The summed E-state index contributed by atoms with van der Waals surface area (Å²) in [7, 11) is 0. The van der Waals surface area contributed by atoms with Crippen LogP contribution in [0.3, 0.4) is 0 Å². The van der Waals surface area contributed by atoms with Gasteiger partial charge in [-0.05, 0) is 24.6 Å². The molecule has 1 aliphatic rings. The molecule has 1 aromatic heterocycles. The van der Waals surface area contributed by atoms with Gasteiger partial charge >= 0.3 is 0 Å². The molecule has 0 amide bonds. The Labute approximate surface area is 158 Å². The maximum absolute atomic E-state index is 14.2. The van der Waals surface area contributed by atoms with Crippen molar-refractivity contribution in [2.75, 3.05) is 0 Å². The molecule has 2 aromatic carbocycles. The molecule has 0 aliphatic carbocycles. The lowest BCUT2D eigenvalue weighted by molar-refractivity contribution is -0.305. The number of hydrogen-bond acceptors (Lipinski definition) is 6. The van der Waals surface area contributed by atoms with Crippen LogP contribution in [0.5, 0.6) is 0 Å². The number of benzene rings is 2. The van der Waals surface area contributed by atoms with E-state index < -0.39 is 17.0 Å². The van der Waals surface area contributed by atoms with Gasteiger partial charge in [0.25, 0.3) is 0 Å². The predicted octanol–water partition coefficient (Wildman–Crippen LogP) is 2.26. The van der Waals surface area contributed by atoms with E-state index in [-0.39, 0.29) is 17.8 Å². The van der Waals surface area contributed by atoms with E-state index in [0.29, 0.717) is 10.9 Å². The molecule has 0 N–H and O–H groups in total. The minimum Gasteiger partial charge on any atom is -0.550 e. The first kappa shape index (κ1) is 17.4. The smallest absolute Gasteiger partial charge is 0.213 e. The second-order valence-corrected chi connectivity index (χ2v) is 7.30. The number of rotatable bonds is 4. The molecule has 6 nitrogen and oxygen atoms in total. The molecule has 0 saturated carbocycles. The van der Waals surface area contributed by atoms with Gasteiger partial charge in [0.1, 0.15) is 5.82 Å². The van der Waals surface area contributed by atoms with Crippen molar-refractivity contribution in [2.24, 2.45) is 5.10 Å². The highest BCUT2D eigenvalue weighted by atomic mass is 32.2. The Morgan fingerprint density at radius 1 is 1.19 bits per heavy atom. The van der Waals surface area contributed by atoms with Crippen LogP contribution in [0, 0.1) is 12.7 Å². The number of thioether (sulfide) groups is 1. The van der Waals surface area contributed by atoms with E-state index in [2.05, 4.69) is 15.3 Å². The van der Waals surface area contributed by atoms with E-state index in [4.69, 9.17) is 0 Å². The molecule has 1 atom stereocenters. The number of aryl methyl sites for hydroxylation is 1. The van der Waals surface area contributed by atoms with Crippen molar-refractivity contribution in [3.05, 3.63) is 65.5 Å². The molecular weight excluding hydrogens is 367 g/mol. The van der Waals surface area contributed by atoms with Gasteiger partial charge in [0, 0.05) is 12.4 Å². The average Bonchev–Trinajstić information content (AvgIpc) is 3.04. The van der Waals surface area contributed by atoms with Gasteiger partial charge in [-0.25, -0.2) is 4.39 Å². The van der Waals surface area contributed by atoms with Crippen LogP contribution in [0.2, 0.25) is 0 Å². The summed E-state index contributed by atoms with van der Waals surface area (Å²) in [6, 6.07) is 13.9. The molecule has 8 heteroatoms. The van der Waals surface area contributed by atoms with Crippen molar-refractivity contribution in [3.8, 4) is 11.4 Å². The van der Waals surface area contributed by atoms with Gasteiger partial charge in [-0.1, -0.05) is 53.7 Å². The summed E-state index contributed by atoms with van der Waals surface area (Å²) in [6.45, 7) is 1.97. The third-order valence-electron chi connectivity index (χ3n) is 4.19. The summed E-state index contributed by atoms with van der Waals surface area (Å²) < 4.78 is 15.7. The molecule has 0 unspecified atom stereocenters. The van der Waals surface area contributed by atoms with Gasteiger partial charge in [0.15, 0.2) is 5.82 Å². The van der Waals surface area contributed by atoms with Crippen LogP contribution in [0.1, 0.15) is 17.5 Å². The summed E-state index contributed by atoms with van der Waals surface area (Å²) in [4.78, 5) is 11.2. The second-order valence-electron chi connectivity index (χ2n) is 6.13. The third-order valence-corrected chi connectivity index (χ3v) is 5.33. The minimum absolute atomic E-state index is 0.209. The highest BCUT2D eigenvalue weighted by molar-refractivity contribution is 8.00. The largest absolute Gasteiger partial charge is 0.550 e. The Morgan fingerprint density at radius 2 is 1.93 bits per heavy atom. The Hall–Kier alpha value is -3.00. The van der Waals surface area contributed by atoms with Crippen molar-refractivity contribution in [2.45, 2.75) is 23.8 Å². The quantitative estimate of drug-likeness (QED) is 0.692. The summed E-state index contributed by atoms with van der Waals surface area (Å²) in [5.41, 5.74) is 2.71. The molecule has 0 saturated heterocycles. The Balaban J connectivity index is 1.85. The van der Waals surface area contributed by atoms with Crippen LogP contribution in [0.25, 0.3) is 11.4 Å². The van der Waals surface area contributed by atoms with Gasteiger partial charge in [-0.15, -0.1) is 10.2 Å². The van der Waals surface area contributed by atoms with Crippen LogP contribution < -0.4 is 5.11 Å². The van der Waals surface area contributed by atoms with Crippen molar-refractivity contribution in [1.82, 2.24) is 14.9 Å². The highest BCUT2D eigenvalue weighted by Gasteiger charge is 2.29. The first-order valence-electron chi connectivity index (χ1n) is 8.25.